The molecule has 3 aliphatic rings. The molecule has 4 heterocycles. The zero-order chi connectivity index (χ0) is 31.9. The maximum atomic E-state index is 12.7. The number of fused-ring (bicyclic) bond motifs is 2. The SMILES string of the molecule is CCN(CC)CCOC(=O)c1ccc(NC(=O)Nc2ccc(-c3nc(N4CCOCC4)nc(N4C5CCC4COC5)n3)cc2)cc1. The summed E-state index contributed by atoms with van der Waals surface area (Å²) in [6.45, 7) is 11.1. The smallest absolute Gasteiger partial charge is 0.338 e. The van der Waals surface area contributed by atoms with E-state index in [4.69, 9.17) is 29.2 Å². The number of likely N-dealkylation sites (N-methyl/N-ethyl adjacent to an activating group) is 1. The van der Waals surface area contributed by atoms with Gasteiger partial charge in [-0.25, -0.2) is 9.59 Å². The number of anilines is 4. The van der Waals surface area contributed by atoms with E-state index in [1.165, 1.54) is 0 Å². The topological polar surface area (TPSA) is 134 Å². The quantitative estimate of drug-likeness (QED) is 0.299. The first kappa shape index (κ1) is 31.6. The molecule has 13 nitrogen and oxygen atoms in total. The number of benzene rings is 2. The van der Waals surface area contributed by atoms with E-state index in [2.05, 4.69) is 39.2 Å². The van der Waals surface area contributed by atoms with Crippen LogP contribution in [0.15, 0.2) is 48.5 Å². The minimum Gasteiger partial charge on any atom is -0.461 e. The lowest BCUT2D eigenvalue weighted by Crippen LogP contribution is -2.47. The summed E-state index contributed by atoms with van der Waals surface area (Å²) in [6.07, 6.45) is 2.13. The molecule has 13 heteroatoms. The number of hydrogen-bond acceptors (Lipinski definition) is 11. The maximum absolute atomic E-state index is 12.7. The predicted octanol–water partition coefficient (Wildman–Crippen LogP) is 3.89. The van der Waals surface area contributed by atoms with Crippen LogP contribution in [0.25, 0.3) is 11.4 Å². The van der Waals surface area contributed by atoms with Gasteiger partial charge in [0.25, 0.3) is 0 Å². The third kappa shape index (κ3) is 7.54. The van der Waals surface area contributed by atoms with Crippen LogP contribution < -0.4 is 20.4 Å². The summed E-state index contributed by atoms with van der Waals surface area (Å²) in [4.78, 5) is 46.4. The number of nitrogens with one attached hydrogen (secondary N) is 2. The van der Waals surface area contributed by atoms with Gasteiger partial charge >= 0.3 is 12.0 Å². The number of hydrogen-bond donors (Lipinski definition) is 2. The van der Waals surface area contributed by atoms with Crippen molar-refractivity contribution in [3.63, 3.8) is 0 Å². The zero-order valence-electron chi connectivity index (χ0n) is 26.5. The molecule has 0 saturated carbocycles. The van der Waals surface area contributed by atoms with Gasteiger partial charge in [0.2, 0.25) is 11.9 Å². The van der Waals surface area contributed by atoms with Crippen molar-refractivity contribution in [2.45, 2.75) is 38.8 Å². The van der Waals surface area contributed by atoms with Crippen molar-refractivity contribution in [1.29, 1.82) is 0 Å². The van der Waals surface area contributed by atoms with E-state index in [1.807, 2.05) is 24.3 Å². The Morgan fingerprint density at radius 1 is 0.848 bits per heavy atom. The normalized spacial score (nSPS) is 19.3. The van der Waals surface area contributed by atoms with Gasteiger partial charge in [-0.1, -0.05) is 13.8 Å². The molecule has 6 rings (SSSR count). The van der Waals surface area contributed by atoms with Gasteiger partial charge in [0.05, 0.1) is 44.1 Å². The summed E-state index contributed by atoms with van der Waals surface area (Å²) < 4.78 is 16.7. The predicted molar refractivity (Wildman–Crippen MR) is 176 cm³/mol. The third-order valence-electron chi connectivity index (χ3n) is 8.69. The van der Waals surface area contributed by atoms with E-state index in [0.29, 0.717) is 74.2 Å². The number of urea groups is 1. The highest BCUT2D eigenvalue weighted by Crippen LogP contribution is 2.34. The van der Waals surface area contributed by atoms with Crippen LogP contribution in [0, 0.1) is 0 Å². The lowest BCUT2D eigenvalue weighted by molar-refractivity contribution is 0.0466. The molecule has 0 radical (unpaired) electrons. The van der Waals surface area contributed by atoms with E-state index in [-0.39, 0.29) is 18.1 Å². The first-order valence-corrected chi connectivity index (χ1v) is 16.1. The highest BCUT2D eigenvalue weighted by Gasteiger charge is 2.39. The summed E-state index contributed by atoms with van der Waals surface area (Å²) in [6, 6.07) is 14.2. The van der Waals surface area contributed by atoms with Crippen LogP contribution in [0.3, 0.4) is 0 Å². The zero-order valence-corrected chi connectivity index (χ0v) is 26.5. The number of rotatable bonds is 11. The Labute approximate surface area is 269 Å². The molecule has 0 spiro atoms. The van der Waals surface area contributed by atoms with E-state index in [9.17, 15) is 9.59 Å². The van der Waals surface area contributed by atoms with Gasteiger partial charge < -0.3 is 39.5 Å². The molecule has 2 unspecified atom stereocenters. The number of nitrogens with zero attached hydrogens (tertiary/aromatic N) is 6. The minimum absolute atomic E-state index is 0.268. The number of carbonyl (C=O) groups excluding carboxylic acids is 2. The van der Waals surface area contributed by atoms with E-state index >= 15 is 0 Å². The molecule has 2 atom stereocenters. The van der Waals surface area contributed by atoms with Crippen LogP contribution in [0.1, 0.15) is 37.0 Å². The van der Waals surface area contributed by atoms with Gasteiger partial charge in [0, 0.05) is 36.6 Å². The van der Waals surface area contributed by atoms with Crippen LogP contribution in [0.5, 0.6) is 0 Å². The third-order valence-corrected chi connectivity index (χ3v) is 8.69. The van der Waals surface area contributed by atoms with E-state index in [0.717, 1.165) is 44.6 Å². The summed E-state index contributed by atoms with van der Waals surface area (Å²) >= 11 is 0. The lowest BCUT2D eigenvalue weighted by atomic mass is 10.2. The van der Waals surface area contributed by atoms with Crippen molar-refractivity contribution in [2.75, 3.05) is 86.2 Å². The molecular weight excluding hydrogens is 588 g/mol. The highest BCUT2D eigenvalue weighted by atomic mass is 16.5. The van der Waals surface area contributed by atoms with Crippen molar-refractivity contribution >= 4 is 35.3 Å². The van der Waals surface area contributed by atoms with Crippen LogP contribution in [-0.4, -0.2) is 110 Å². The standard InChI is InChI=1S/C33H42N8O5/c1-3-39(4-2)15-20-46-30(42)24-7-11-26(12-8-24)35-33(43)34-25-9-5-23(6-10-25)29-36-31(40-16-18-44-19-17-40)38-32(37-29)41-27-13-14-28(41)22-45-21-27/h5-12,27-28H,3-4,13-22H2,1-2H3,(H2,34,35,43). The second kappa shape index (κ2) is 14.8. The van der Waals surface area contributed by atoms with Gasteiger partial charge in [-0.15, -0.1) is 0 Å². The second-order valence-electron chi connectivity index (χ2n) is 11.6. The summed E-state index contributed by atoms with van der Waals surface area (Å²) in [5.74, 6) is 1.53. The fourth-order valence-corrected chi connectivity index (χ4v) is 6.03. The Balaban J connectivity index is 1.09. The average molecular weight is 631 g/mol. The molecule has 2 bridgehead atoms. The molecule has 0 aliphatic carbocycles. The molecule has 2 aromatic carbocycles. The van der Waals surface area contributed by atoms with Crippen molar-refractivity contribution in [1.82, 2.24) is 19.9 Å². The molecule has 3 aliphatic heterocycles. The number of morpholine rings is 2. The molecule has 46 heavy (non-hydrogen) atoms. The Morgan fingerprint density at radius 3 is 2.09 bits per heavy atom. The van der Waals surface area contributed by atoms with E-state index < -0.39 is 6.03 Å². The van der Waals surface area contributed by atoms with Gasteiger partial charge in [-0.3, -0.25) is 0 Å². The molecule has 3 aromatic rings. The first-order chi connectivity index (χ1) is 22.5. The van der Waals surface area contributed by atoms with Gasteiger partial charge in [-0.2, -0.15) is 15.0 Å². The molecule has 2 N–H and O–H groups in total. The number of amides is 2. The van der Waals surface area contributed by atoms with Crippen molar-refractivity contribution in [2.24, 2.45) is 0 Å². The summed E-state index contributed by atoms with van der Waals surface area (Å²) in [7, 11) is 0. The highest BCUT2D eigenvalue weighted by molar-refractivity contribution is 6.00. The molecular formula is C33H42N8O5. The minimum atomic E-state index is -0.401. The van der Waals surface area contributed by atoms with Gasteiger partial charge in [-0.05, 0) is 74.5 Å². The van der Waals surface area contributed by atoms with Crippen LogP contribution >= 0.6 is 0 Å². The largest absolute Gasteiger partial charge is 0.461 e. The van der Waals surface area contributed by atoms with Crippen molar-refractivity contribution in [3.05, 3.63) is 54.1 Å². The molecule has 1 aromatic heterocycles. The van der Waals surface area contributed by atoms with Crippen LogP contribution in [-0.2, 0) is 14.2 Å². The van der Waals surface area contributed by atoms with Crippen LogP contribution in [0.2, 0.25) is 0 Å². The number of aromatic nitrogens is 3. The number of carbonyl (C=O) groups is 2. The average Bonchev–Trinajstić information content (AvgIpc) is 3.35. The van der Waals surface area contributed by atoms with Crippen molar-refractivity contribution < 1.29 is 23.8 Å². The molecule has 2 amide bonds. The Hall–Kier alpha value is -4.33. The maximum Gasteiger partial charge on any atom is 0.338 e. The Kier molecular flexibility index (Phi) is 10.2. The summed E-state index contributed by atoms with van der Waals surface area (Å²) in [5.41, 5.74) is 2.42. The fourth-order valence-electron chi connectivity index (χ4n) is 6.03. The Morgan fingerprint density at radius 2 is 1.46 bits per heavy atom. The van der Waals surface area contributed by atoms with E-state index in [1.54, 1.807) is 24.3 Å². The first-order valence-electron chi connectivity index (χ1n) is 16.1. The van der Waals surface area contributed by atoms with Crippen LogP contribution in [0.4, 0.5) is 28.1 Å². The monoisotopic (exact) mass is 630 g/mol. The Bertz CT molecular complexity index is 1460. The second-order valence-corrected chi connectivity index (χ2v) is 11.6. The fraction of sp³-hybridized carbons (Fsp3) is 0.485. The number of esters is 1. The summed E-state index contributed by atoms with van der Waals surface area (Å²) in [5, 5.41) is 5.66. The lowest BCUT2D eigenvalue weighted by Gasteiger charge is -2.35. The molecule has 3 fully saturated rings. The van der Waals surface area contributed by atoms with Gasteiger partial charge in [0.15, 0.2) is 5.82 Å². The number of ether oxygens (including phenoxy) is 3. The van der Waals surface area contributed by atoms with Gasteiger partial charge in [0.1, 0.15) is 6.61 Å². The molecule has 244 valence electrons. The van der Waals surface area contributed by atoms with Crippen molar-refractivity contribution in [3.8, 4) is 11.4 Å². The molecule has 3 saturated heterocycles.